The summed E-state index contributed by atoms with van der Waals surface area (Å²) >= 11 is 0. The van der Waals surface area contributed by atoms with E-state index < -0.39 is 0 Å². The second-order valence-electron chi connectivity index (χ2n) is 6.70. The number of aromatic nitrogens is 4. The van der Waals surface area contributed by atoms with Crippen molar-refractivity contribution in [3.05, 3.63) is 78.5 Å². The summed E-state index contributed by atoms with van der Waals surface area (Å²) in [5.41, 5.74) is 4.45. The Morgan fingerprint density at radius 2 is 1.81 bits per heavy atom. The van der Waals surface area contributed by atoms with Crippen LogP contribution in [0.5, 0.6) is 0 Å². The third kappa shape index (κ3) is 2.92. The van der Waals surface area contributed by atoms with E-state index in [0.717, 1.165) is 34.9 Å². The lowest BCUT2D eigenvalue weighted by Gasteiger charge is -2.09. The molecule has 0 saturated heterocycles. The van der Waals surface area contributed by atoms with E-state index in [0.29, 0.717) is 5.92 Å². The number of nitrogens with zero attached hydrogens (tertiary/aromatic N) is 4. The molecule has 0 unspecified atom stereocenters. The normalized spacial score (nSPS) is 13.8. The molecule has 1 aliphatic rings. The van der Waals surface area contributed by atoms with E-state index in [1.165, 1.54) is 18.4 Å². The van der Waals surface area contributed by atoms with Gasteiger partial charge < -0.3 is 5.32 Å². The van der Waals surface area contributed by atoms with Crippen LogP contribution in [0.25, 0.3) is 16.7 Å². The van der Waals surface area contributed by atoms with Gasteiger partial charge in [-0.3, -0.25) is 4.57 Å². The van der Waals surface area contributed by atoms with Crippen LogP contribution in [0.4, 0.5) is 5.82 Å². The number of hydrogen-bond donors (Lipinski definition) is 1. The van der Waals surface area contributed by atoms with Crippen molar-refractivity contribution in [2.45, 2.75) is 25.3 Å². The highest BCUT2D eigenvalue weighted by Gasteiger charge is 2.26. The average Bonchev–Trinajstić information content (AvgIpc) is 3.47. The zero-order valence-corrected chi connectivity index (χ0v) is 14.3. The fourth-order valence-corrected chi connectivity index (χ4v) is 3.14. The highest BCUT2D eigenvalue weighted by molar-refractivity contribution is 5.77. The molecular formula is C21H19N5. The smallest absolute Gasteiger partial charge is 0.133 e. The minimum absolute atomic E-state index is 0.570. The lowest BCUT2D eigenvalue weighted by Crippen LogP contribution is -2.04. The molecular weight excluding hydrogens is 322 g/mol. The van der Waals surface area contributed by atoms with Crippen LogP contribution in [0, 0.1) is 0 Å². The standard InChI is InChI=1S/C21H19N5/c1-2-4-19-18(3-1)24-14-26(19)17-9-5-15(6-10-17)13-23-20-11-12-22-21(25-20)16-7-8-16/h1-6,9-12,14,16H,7-8,13H2,(H,22,23,25). The number of rotatable bonds is 5. The summed E-state index contributed by atoms with van der Waals surface area (Å²) in [6.07, 6.45) is 6.15. The van der Waals surface area contributed by atoms with Crippen molar-refractivity contribution in [1.29, 1.82) is 0 Å². The van der Waals surface area contributed by atoms with Gasteiger partial charge in [0.15, 0.2) is 0 Å². The van der Waals surface area contributed by atoms with E-state index in [9.17, 15) is 0 Å². The maximum Gasteiger partial charge on any atom is 0.133 e. The number of anilines is 1. The van der Waals surface area contributed by atoms with Crippen LogP contribution in [0.1, 0.15) is 30.1 Å². The number of benzene rings is 2. The van der Waals surface area contributed by atoms with Gasteiger partial charge in [-0.25, -0.2) is 15.0 Å². The predicted octanol–water partition coefficient (Wildman–Crippen LogP) is 4.31. The van der Waals surface area contributed by atoms with Crippen LogP contribution in [0.15, 0.2) is 67.1 Å². The molecule has 128 valence electrons. The SMILES string of the molecule is c1ccc2c(c1)ncn2-c1ccc(CNc2ccnc(C3CC3)n2)cc1. The first kappa shape index (κ1) is 15.1. The lowest BCUT2D eigenvalue weighted by atomic mass is 10.2. The van der Waals surface area contributed by atoms with Gasteiger partial charge in [-0.2, -0.15) is 0 Å². The van der Waals surface area contributed by atoms with Crippen molar-refractivity contribution in [1.82, 2.24) is 19.5 Å². The molecule has 0 radical (unpaired) electrons. The molecule has 1 saturated carbocycles. The minimum atomic E-state index is 0.570. The maximum absolute atomic E-state index is 4.61. The predicted molar refractivity (Wildman–Crippen MR) is 102 cm³/mol. The van der Waals surface area contributed by atoms with Crippen molar-refractivity contribution in [2.75, 3.05) is 5.32 Å². The monoisotopic (exact) mass is 341 g/mol. The Labute approximate surface area is 151 Å². The largest absolute Gasteiger partial charge is 0.366 e. The summed E-state index contributed by atoms with van der Waals surface area (Å²) < 4.78 is 2.11. The first-order chi connectivity index (χ1) is 12.9. The Kier molecular flexibility index (Phi) is 3.63. The van der Waals surface area contributed by atoms with E-state index >= 15 is 0 Å². The van der Waals surface area contributed by atoms with E-state index in [-0.39, 0.29) is 0 Å². The van der Waals surface area contributed by atoms with Crippen molar-refractivity contribution < 1.29 is 0 Å². The van der Waals surface area contributed by atoms with Crippen LogP contribution in [-0.4, -0.2) is 19.5 Å². The summed E-state index contributed by atoms with van der Waals surface area (Å²) in [5.74, 6) is 2.44. The van der Waals surface area contributed by atoms with Gasteiger partial charge in [0.1, 0.15) is 18.0 Å². The van der Waals surface area contributed by atoms with Gasteiger partial charge in [0.2, 0.25) is 0 Å². The number of hydrogen-bond acceptors (Lipinski definition) is 4. The molecule has 5 nitrogen and oxygen atoms in total. The van der Waals surface area contributed by atoms with E-state index in [1.54, 1.807) is 0 Å². The molecule has 5 rings (SSSR count). The molecule has 5 heteroatoms. The summed E-state index contributed by atoms with van der Waals surface area (Å²) in [7, 11) is 0. The zero-order chi connectivity index (χ0) is 17.3. The van der Waals surface area contributed by atoms with Crippen molar-refractivity contribution in [3.63, 3.8) is 0 Å². The number of nitrogens with one attached hydrogen (secondary N) is 1. The lowest BCUT2D eigenvalue weighted by molar-refractivity contribution is 0.921. The van der Waals surface area contributed by atoms with Gasteiger partial charge in [0, 0.05) is 24.3 Å². The Bertz CT molecular complexity index is 1050. The van der Waals surface area contributed by atoms with Crippen LogP contribution in [0.2, 0.25) is 0 Å². The highest BCUT2D eigenvalue weighted by Crippen LogP contribution is 2.38. The molecule has 0 aliphatic heterocycles. The van der Waals surface area contributed by atoms with Crippen molar-refractivity contribution in [2.24, 2.45) is 0 Å². The van der Waals surface area contributed by atoms with Crippen LogP contribution in [0.3, 0.4) is 0 Å². The fourth-order valence-electron chi connectivity index (χ4n) is 3.14. The Balaban J connectivity index is 1.31. The summed E-state index contributed by atoms with van der Waals surface area (Å²) in [6.45, 7) is 0.742. The molecule has 1 N–H and O–H groups in total. The third-order valence-corrected chi connectivity index (χ3v) is 4.76. The first-order valence-corrected chi connectivity index (χ1v) is 8.95. The molecule has 26 heavy (non-hydrogen) atoms. The molecule has 1 fully saturated rings. The Hall–Kier alpha value is -3.21. The third-order valence-electron chi connectivity index (χ3n) is 4.76. The van der Waals surface area contributed by atoms with Crippen molar-refractivity contribution in [3.8, 4) is 5.69 Å². The second kappa shape index (κ2) is 6.26. The molecule has 2 aromatic heterocycles. The van der Waals surface area contributed by atoms with Crippen LogP contribution in [-0.2, 0) is 6.54 Å². The van der Waals surface area contributed by atoms with Crippen LogP contribution < -0.4 is 5.32 Å². The van der Waals surface area contributed by atoms with Gasteiger partial charge in [0.25, 0.3) is 0 Å². The highest BCUT2D eigenvalue weighted by atomic mass is 15.0. The molecule has 2 aromatic carbocycles. The van der Waals surface area contributed by atoms with Gasteiger partial charge in [-0.1, -0.05) is 24.3 Å². The fraction of sp³-hybridized carbons (Fsp3) is 0.190. The first-order valence-electron chi connectivity index (χ1n) is 8.95. The second-order valence-corrected chi connectivity index (χ2v) is 6.70. The van der Waals surface area contributed by atoms with E-state index in [1.807, 2.05) is 36.8 Å². The number of fused-ring (bicyclic) bond motifs is 1. The molecule has 0 spiro atoms. The molecule has 0 atom stereocenters. The van der Waals surface area contributed by atoms with Gasteiger partial charge in [-0.05, 0) is 48.7 Å². The van der Waals surface area contributed by atoms with Gasteiger partial charge >= 0.3 is 0 Å². The van der Waals surface area contributed by atoms with E-state index in [4.69, 9.17) is 0 Å². The van der Waals surface area contributed by atoms with E-state index in [2.05, 4.69) is 55.2 Å². The Morgan fingerprint density at radius 3 is 2.65 bits per heavy atom. The molecule has 1 aliphatic carbocycles. The summed E-state index contributed by atoms with van der Waals surface area (Å²) in [4.78, 5) is 13.4. The van der Waals surface area contributed by atoms with Gasteiger partial charge in [-0.15, -0.1) is 0 Å². The number of imidazole rings is 1. The Morgan fingerprint density at radius 1 is 0.962 bits per heavy atom. The maximum atomic E-state index is 4.61. The average molecular weight is 341 g/mol. The minimum Gasteiger partial charge on any atom is -0.366 e. The molecule has 4 aromatic rings. The summed E-state index contributed by atoms with van der Waals surface area (Å²) in [5, 5.41) is 3.40. The van der Waals surface area contributed by atoms with Gasteiger partial charge in [0.05, 0.1) is 11.0 Å². The zero-order valence-electron chi connectivity index (χ0n) is 14.3. The number of para-hydroxylation sites is 2. The summed E-state index contributed by atoms with van der Waals surface area (Å²) in [6, 6.07) is 18.6. The molecule has 0 amide bonds. The van der Waals surface area contributed by atoms with Crippen LogP contribution >= 0.6 is 0 Å². The molecule has 0 bridgehead atoms. The quantitative estimate of drug-likeness (QED) is 0.588. The van der Waals surface area contributed by atoms with Crippen molar-refractivity contribution >= 4 is 16.9 Å². The topological polar surface area (TPSA) is 55.6 Å². The molecule has 2 heterocycles.